The van der Waals surface area contributed by atoms with Gasteiger partial charge in [0.1, 0.15) is 12.6 Å². The van der Waals surface area contributed by atoms with Crippen molar-refractivity contribution < 1.29 is 14.3 Å². The third kappa shape index (κ3) is 2.71. The summed E-state index contributed by atoms with van der Waals surface area (Å²) in [6.07, 6.45) is 0. The topological polar surface area (TPSA) is 46.6 Å². The van der Waals surface area contributed by atoms with Crippen LogP contribution in [0.15, 0.2) is 30.3 Å². The number of amides is 1. The molecule has 4 heteroatoms. The van der Waals surface area contributed by atoms with Crippen molar-refractivity contribution in [2.45, 2.75) is 19.5 Å². The number of ether oxygens (including phenoxy) is 1. The summed E-state index contributed by atoms with van der Waals surface area (Å²) in [4.78, 5) is 24.8. The first-order valence-electron chi connectivity index (χ1n) is 5.60. The highest BCUT2D eigenvalue weighted by Gasteiger charge is 2.31. The van der Waals surface area contributed by atoms with Gasteiger partial charge in [-0.3, -0.25) is 9.59 Å². The third-order valence-corrected chi connectivity index (χ3v) is 2.86. The normalized spacial score (nSPS) is 20.4. The number of Topliss-reactive ketones (excluding diaryl/α,β-unsaturated/α-hetero) is 1. The summed E-state index contributed by atoms with van der Waals surface area (Å²) in [6.45, 7) is 2.32. The van der Waals surface area contributed by atoms with E-state index in [1.807, 2.05) is 30.3 Å². The Morgan fingerprint density at radius 1 is 1.41 bits per heavy atom. The Hall–Kier alpha value is -1.68. The Kier molecular flexibility index (Phi) is 3.54. The maximum Gasteiger partial charge on any atom is 0.249 e. The number of hydrogen-bond acceptors (Lipinski definition) is 3. The van der Waals surface area contributed by atoms with Gasteiger partial charge in [-0.05, 0) is 12.5 Å². The molecule has 0 bridgehead atoms. The summed E-state index contributed by atoms with van der Waals surface area (Å²) in [6, 6.07) is 9.20. The van der Waals surface area contributed by atoms with Gasteiger partial charge < -0.3 is 9.64 Å². The molecule has 1 aliphatic rings. The van der Waals surface area contributed by atoms with E-state index in [1.54, 1.807) is 4.90 Å². The Balaban J connectivity index is 2.15. The average molecular weight is 233 g/mol. The lowest BCUT2D eigenvalue weighted by Crippen LogP contribution is -2.52. The summed E-state index contributed by atoms with van der Waals surface area (Å²) < 4.78 is 5.11. The van der Waals surface area contributed by atoms with Gasteiger partial charge in [-0.25, -0.2) is 0 Å². The molecule has 0 radical (unpaired) electrons. The van der Waals surface area contributed by atoms with Crippen LogP contribution in [0.3, 0.4) is 0 Å². The van der Waals surface area contributed by atoms with Crippen LogP contribution in [0, 0.1) is 0 Å². The largest absolute Gasteiger partial charge is 0.369 e. The lowest BCUT2D eigenvalue weighted by atomic mass is 10.1. The van der Waals surface area contributed by atoms with Gasteiger partial charge >= 0.3 is 0 Å². The zero-order valence-corrected chi connectivity index (χ0v) is 9.76. The van der Waals surface area contributed by atoms with Crippen LogP contribution < -0.4 is 0 Å². The van der Waals surface area contributed by atoms with Gasteiger partial charge in [0.2, 0.25) is 5.91 Å². The summed E-state index contributed by atoms with van der Waals surface area (Å²) in [5, 5.41) is 0. The molecule has 1 saturated heterocycles. The van der Waals surface area contributed by atoms with Crippen molar-refractivity contribution >= 4 is 11.7 Å². The van der Waals surface area contributed by atoms with Gasteiger partial charge in [-0.2, -0.15) is 0 Å². The molecule has 1 amide bonds. The van der Waals surface area contributed by atoms with Gasteiger partial charge in [-0.1, -0.05) is 30.3 Å². The maximum atomic E-state index is 11.8. The predicted octanol–water partition coefficient (Wildman–Crippen LogP) is 1.00. The summed E-state index contributed by atoms with van der Waals surface area (Å²) in [7, 11) is 0. The Morgan fingerprint density at radius 3 is 2.76 bits per heavy atom. The zero-order chi connectivity index (χ0) is 12.3. The summed E-state index contributed by atoms with van der Waals surface area (Å²) in [5.74, 6) is -0.158. The van der Waals surface area contributed by atoms with Crippen molar-refractivity contribution in [1.82, 2.24) is 4.90 Å². The van der Waals surface area contributed by atoms with Gasteiger partial charge in [0, 0.05) is 6.54 Å². The van der Waals surface area contributed by atoms with Crippen molar-refractivity contribution in [3.63, 3.8) is 0 Å². The first kappa shape index (κ1) is 11.8. The van der Waals surface area contributed by atoms with Crippen LogP contribution in [0.1, 0.15) is 12.5 Å². The van der Waals surface area contributed by atoms with E-state index in [1.165, 1.54) is 6.92 Å². The second-order valence-electron chi connectivity index (χ2n) is 4.15. The van der Waals surface area contributed by atoms with E-state index in [2.05, 4.69) is 0 Å². The van der Waals surface area contributed by atoms with Crippen molar-refractivity contribution in [3.05, 3.63) is 35.9 Å². The summed E-state index contributed by atoms with van der Waals surface area (Å²) >= 11 is 0. The van der Waals surface area contributed by atoms with E-state index >= 15 is 0 Å². The number of ketones is 1. The molecule has 4 nitrogen and oxygen atoms in total. The number of hydrogen-bond donors (Lipinski definition) is 0. The first-order chi connectivity index (χ1) is 8.18. The molecule has 1 aromatic carbocycles. The standard InChI is InChI=1S/C13H15NO3/c1-10(15)12-8-17-9-13(16)14(12)7-11-5-3-2-4-6-11/h2-6,12H,7-9H2,1H3/t12-/m0/s1. The van der Waals surface area contributed by atoms with E-state index < -0.39 is 6.04 Å². The molecule has 1 fully saturated rings. The molecule has 0 saturated carbocycles. The number of nitrogens with zero attached hydrogens (tertiary/aromatic N) is 1. The molecule has 1 heterocycles. The molecule has 1 aromatic rings. The van der Waals surface area contributed by atoms with E-state index in [-0.39, 0.29) is 18.3 Å². The fourth-order valence-electron chi connectivity index (χ4n) is 1.92. The number of carbonyl (C=O) groups excluding carboxylic acids is 2. The zero-order valence-electron chi connectivity index (χ0n) is 9.76. The maximum absolute atomic E-state index is 11.8. The third-order valence-electron chi connectivity index (χ3n) is 2.86. The van der Waals surface area contributed by atoms with Gasteiger partial charge in [-0.15, -0.1) is 0 Å². The lowest BCUT2D eigenvalue weighted by molar-refractivity contribution is -0.154. The molecule has 1 atom stereocenters. The minimum absolute atomic E-state index is 0.0334. The molecule has 0 N–H and O–H groups in total. The van der Waals surface area contributed by atoms with Gasteiger partial charge in [0.05, 0.1) is 6.61 Å². The minimum Gasteiger partial charge on any atom is -0.369 e. The van der Waals surface area contributed by atoms with E-state index in [0.717, 1.165) is 5.56 Å². The summed E-state index contributed by atoms with van der Waals surface area (Å²) in [5.41, 5.74) is 1.02. The SMILES string of the molecule is CC(=O)[C@@H]1COCC(=O)N1Cc1ccccc1. The number of morpholine rings is 1. The molecular weight excluding hydrogens is 218 g/mol. The smallest absolute Gasteiger partial charge is 0.249 e. The lowest BCUT2D eigenvalue weighted by Gasteiger charge is -2.33. The van der Waals surface area contributed by atoms with Crippen LogP contribution in [-0.2, 0) is 20.9 Å². The van der Waals surface area contributed by atoms with E-state index in [4.69, 9.17) is 4.74 Å². The van der Waals surface area contributed by atoms with Crippen LogP contribution in [0.25, 0.3) is 0 Å². The van der Waals surface area contributed by atoms with Crippen molar-refractivity contribution in [2.75, 3.05) is 13.2 Å². The average Bonchev–Trinajstić information content (AvgIpc) is 2.33. The molecule has 17 heavy (non-hydrogen) atoms. The van der Waals surface area contributed by atoms with Gasteiger partial charge in [0.25, 0.3) is 0 Å². The fourth-order valence-corrected chi connectivity index (χ4v) is 1.92. The molecule has 0 unspecified atom stereocenters. The van der Waals surface area contributed by atoms with Crippen LogP contribution in [-0.4, -0.2) is 35.8 Å². The molecule has 1 aliphatic heterocycles. The molecular formula is C13H15NO3. The number of carbonyl (C=O) groups is 2. The van der Waals surface area contributed by atoms with Crippen LogP contribution in [0.5, 0.6) is 0 Å². The molecule has 0 aliphatic carbocycles. The van der Waals surface area contributed by atoms with Crippen molar-refractivity contribution in [3.8, 4) is 0 Å². The Morgan fingerprint density at radius 2 is 2.12 bits per heavy atom. The van der Waals surface area contributed by atoms with Crippen molar-refractivity contribution in [1.29, 1.82) is 0 Å². The fraction of sp³-hybridized carbons (Fsp3) is 0.385. The quantitative estimate of drug-likeness (QED) is 0.782. The Labute approximate surface area is 100 Å². The highest BCUT2D eigenvalue weighted by atomic mass is 16.5. The Bertz CT molecular complexity index is 416. The molecule has 2 rings (SSSR count). The minimum atomic E-state index is -0.448. The second-order valence-corrected chi connectivity index (χ2v) is 4.15. The first-order valence-corrected chi connectivity index (χ1v) is 5.60. The predicted molar refractivity (Wildman–Crippen MR) is 62.3 cm³/mol. The van der Waals surface area contributed by atoms with Gasteiger partial charge in [0.15, 0.2) is 5.78 Å². The monoisotopic (exact) mass is 233 g/mol. The van der Waals surface area contributed by atoms with Crippen LogP contribution >= 0.6 is 0 Å². The highest BCUT2D eigenvalue weighted by Crippen LogP contribution is 2.14. The number of rotatable bonds is 3. The van der Waals surface area contributed by atoms with Crippen LogP contribution in [0.4, 0.5) is 0 Å². The van der Waals surface area contributed by atoms with E-state index in [0.29, 0.717) is 13.2 Å². The van der Waals surface area contributed by atoms with Crippen LogP contribution in [0.2, 0.25) is 0 Å². The second kappa shape index (κ2) is 5.10. The molecule has 90 valence electrons. The molecule has 0 aromatic heterocycles. The molecule has 0 spiro atoms. The van der Waals surface area contributed by atoms with Crippen molar-refractivity contribution in [2.24, 2.45) is 0 Å². The highest BCUT2D eigenvalue weighted by molar-refractivity contribution is 5.89. The number of benzene rings is 1. The van der Waals surface area contributed by atoms with E-state index in [9.17, 15) is 9.59 Å².